The number of hydrogen-bond acceptors (Lipinski definition) is 4. The van der Waals surface area contributed by atoms with Gasteiger partial charge in [0.05, 0.1) is 6.61 Å². The number of aromatic nitrogens is 2. The summed E-state index contributed by atoms with van der Waals surface area (Å²) in [5, 5.41) is 3.37. The Kier molecular flexibility index (Phi) is 5.99. The summed E-state index contributed by atoms with van der Waals surface area (Å²) in [6.45, 7) is 4.63. The normalized spacial score (nSPS) is 10.4. The van der Waals surface area contributed by atoms with Gasteiger partial charge in [-0.05, 0) is 36.7 Å². The molecule has 0 amide bonds. The molecule has 4 nitrogen and oxygen atoms in total. The topological polar surface area (TPSA) is 47.0 Å². The summed E-state index contributed by atoms with van der Waals surface area (Å²) in [7, 11) is 0. The molecule has 20 heavy (non-hydrogen) atoms. The summed E-state index contributed by atoms with van der Waals surface area (Å²) in [6, 6.07) is 9.90. The average Bonchev–Trinajstić information content (AvgIpc) is 2.49. The van der Waals surface area contributed by atoms with Crippen molar-refractivity contribution < 1.29 is 4.74 Å². The van der Waals surface area contributed by atoms with Gasteiger partial charge < -0.3 is 10.1 Å². The van der Waals surface area contributed by atoms with Gasteiger partial charge in [-0.15, -0.1) is 0 Å². The van der Waals surface area contributed by atoms with Crippen LogP contribution in [0.15, 0.2) is 42.7 Å². The summed E-state index contributed by atoms with van der Waals surface area (Å²) in [5.74, 6) is 0.678. The van der Waals surface area contributed by atoms with Crippen LogP contribution in [-0.4, -0.2) is 23.1 Å². The van der Waals surface area contributed by atoms with Gasteiger partial charge in [-0.1, -0.05) is 13.0 Å². The summed E-state index contributed by atoms with van der Waals surface area (Å²) >= 11 is 0. The first-order chi connectivity index (χ1) is 9.88. The van der Waals surface area contributed by atoms with Crippen LogP contribution in [0.4, 0.5) is 0 Å². The van der Waals surface area contributed by atoms with Crippen molar-refractivity contribution in [3.05, 3.63) is 54.0 Å². The van der Waals surface area contributed by atoms with Crippen molar-refractivity contribution in [2.24, 2.45) is 0 Å². The lowest BCUT2D eigenvalue weighted by Crippen LogP contribution is -2.14. The molecule has 0 bridgehead atoms. The van der Waals surface area contributed by atoms with Crippen molar-refractivity contribution in [3.63, 3.8) is 0 Å². The number of rotatable bonds is 8. The maximum absolute atomic E-state index is 5.68. The fraction of sp³-hybridized carbons (Fsp3) is 0.375. The molecule has 1 N–H and O–H groups in total. The second-order valence-corrected chi connectivity index (χ2v) is 4.60. The third-order valence-corrected chi connectivity index (χ3v) is 2.89. The van der Waals surface area contributed by atoms with Gasteiger partial charge in [-0.2, -0.15) is 0 Å². The van der Waals surface area contributed by atoms with Crippen LogP contribution in [0.3, 0.4) is 0 Å². The van der Waals surface area contributed by atoms with Gasteiger partial charge in [-0.25, -0.2) is 4.98 Å². The molecule has 106 valence electrons. The van der Waals surface area contributed by atoms with Gasteiger partial charge in [0, 0.05) is 37.1 Å². The van der Waals surface area contributed by atoms with E-state index in [2.05, 4.69) is 22.2 Å². The number of ether oxygens (including phenoxy) is 1. The predicted octanol–water partition coefficient (Wildman–Crippen LogP) is 2.60. The predicted molar refractivity (Wildman–Crippen MR) is 79.7 cm³/mol. The van der Waals surface area contributed by atoms with Crippen LogP contribution in [-0.2, 0) is 13.0 Å². The standard InChI is InChI=1S/C16H21N3O/c1-2-8-17-13-14-6-10-19-16(12-14)20-11-7-15-5-3-4-9-18-15/h3-6,9-10,12,17H,2,7-8,11,13H2,1H3. The van der Waals surface area contributed by atoms with Crippen LogP contribution in [0.25, 0.3) is 0 Å². The van der Waals surface area contributed by atoms with Crippen LogP contribution in [0, 0.1) is 0 Å². The first-order valence-electron chi connectivity index (χ1n) is 7.07. The molecule has 0 atom stereocenters. The number of hydrogen-bond donors (Lipinski definition) is 1. The minimum Gasteiger partial charge on any atom is -0.477 e. The molecular weight excluding hydrogens is 250 g/mol. The Labute approximate surface area is 120 Å². The molecule has 4 heteroatoms. The Morgan fingerprint density at radius 3 is 2.90 bits per heavy atom. The smallest absolute Gasteiger partial charge is 0.213 e. The molecule has 0 aliphatic rings. The Bertz CT molecular complexity index is 502. The molecule has 2 aromatic rings. The third-order valence-electron chi connectivity index (χ3n) is 2.89. The van der Waals surface area contributed by atoms with Crippen LogP contribution in [0.5, 0.6) is 5.88 Å². The molecule has 0 aliphatic carbocycles. The molecule has 0 aromatic carbocycles. The Hall–Kier alpha value is -1.94. The van der Waals surface area contributed by atoms with E-state index in [0.29, 0.717) is 12.5 Å². The fourth-order valence-corrected chi connectivity index (χ4v) is 1.86. The Balaban J connectivity index is 1.79. The van der Waals surface area contributed by atoms with E-state index in [1.165, 1.54) is 5.56 Å². The molecule has 0 aliphatic heterocycles. The molecular formula is C16H21N3O. The van der Waals surface area contributed by atoms with Crippen LogP contribution in [0.2, 0.25) is 0 Å². The molecule has 2 aromatic heterocycles. The average molecular weight is 271 g/mol. The van der Waals surface area contributed by atoms with Crippen molar-refractivity contribution in [2.45, 2.75) is 26.3 Å². The fourth-order valence-electron chi connectivity index (χ4n) is 1.86. The van der Waals surface area contributed by atoms with E-state index in [1.807, 2.05) is 30.3 Å². The van der Waals surface area contributed by atoms with Gasteiger partial charge in [0.25, 0.3) is 0 Å². The minimum absolute atomic E-state index is 0.593. The first-order valence-corrected chi connectivity index (χ1v) is 7.07. The van der Waals surface area contributed by atoms with Gasteiger partial charge in [-0.3, -0.25) is 4.98 Å². The highest BCUT2D eigenvalue weighted by Gasteiger charge is 1.99. The largest absolute Gasteiger partial charge is 0.477 e. The van der Waals surface area contributed by atoms with E-state index < -0.39 is 0 Å². The minimum atomic E-state index is 0.593. The van der Waals surface area contributed by atoms with Crippen molar-refractivity contribution >= 4 is 0 Å². The molecule has 0 saturated heterocycles. The van der Waals surface area contributed by atoms with E-state index in [-0.39, 0.29) is 0 Å². The van der Waals surface area contributed by atoms with Crippen molar-refractivity contribution in [3.8, 4) is 5.88 Å². The summed E-state index contributed by atoms with van der Waals surface area (Å²) in [6.07, 6.45) is 5.52. The highest BCUT2D eigenvalue weighted by atomic mass is 16.5. The maximum Gasteiger partial charge on any atom is 0.213 e. The third kappa shape index (κ3) is 4.97. The number of nitrogens with one attached hydrogen (secondary N) is 1. The lowest BCUT2D eigenvalue weighted by atomic mass is 10.2. The van der Waals surface area contributed by atoms with E-state index in [1.54, 1.807) is 12.4 Å². The summed E-state index contributed by atoms with van der Waals surface area (Å²) in [5.41, 5.74) is 2.23. The molecule has 0 fully saturated rings. The van der Waals surface area contributed by atoms with E-state index >= 15 is 0 Å². The van der Waals surface area contributed by atoms with E-state index in [9.17, 15) is 0 Å². The molecule has 0 saturated carbocycles. The van der Waals surface area contributed by atoms with Crippen molar-refractivity contribution in [1.29, 1.82) is 0 Å². The molecule has 0 unspecified atom stereocenters. The first kappa shape index (κ1) is 14.5. The highest BCUT2D eigenvalue weighted by molar-refractivity contribution is 5.20. The maximum atomic E-state index is 5.68. The molecule has 2 heterocycles. The van der Waals surface area contributed by atoms with Gasteiger partial charge in [0.15, 0.2) is 0 Å². The summed E-state index contributed by atoms with van der Waals surface area (Å²) < 4.78 is 5.68. The SMILES string of the molecule is CCCNCc1ccnc(OCCc2ccccn2)c1. The second kappa shape index (κ2) is 8.27. The molecule has 0 radical (unpaired) electrons. The Morgan fingerprint density at radius 2 is 2.10 bits per heavy atom. The lowest BCUT2D eigenvalue weighted by molar-refractivity contribution is 0.308. The van der Waals surface area contributed by atoms with Gasteiger partial charge in [0.2, 0.25) is 5.88 Å². The Morgan fingerprint density at radius 1 is 1.15 bits per heavy atom. The van der Waals surface area contributed by atoms with Crippen LogP contribution in [0.1, 0.15) is 24.6 Å². The lowest BCUT2D eigenvalue weighted by Gasteiger charge is -2.07. The zero-order valence-corrected chi connectivity index (χ0v) is 11.9. The van der Waals surface area contributed by atoms with Gasteiger partial charge in [0.1, 0.15) is 0 Å². The zero-order valence-electron chi connectivity index (χ0n) is 11.9. The zero-order chi connectivity index (χ0) is 14.0. The van der Waals surface area contributed by atoms with Gasteiger partial charge >= 0.3 is 0 Å². The second-order valence-electron chi connectivity index (χ2n) is 4.60. The number of nitrogens with zero attached hydrogens (tertiary/aromatic N) is 2. The van der Waals surface area contributed by atoms with E-state index in [4.69, 9.17) is 4.74 Å². The summed E-state index contributed by atoms with van der Waals surface area (Å²) in [4.78, 5) is 8.50. The highest BCUT2D eigenvalue weighted by Crippen LogP contribution is 2.09. The number of pyridine rings is 2. The van der Waals surface area contributed by atoms with Crippen molar-refractivity contribution in [2.75, 3.05) is 13.2 Å². The van der Waals surface area contributed by atoms with Crippen LogP contribution >= 0.6 is 0 Å². The van der Waals surface area contributed by atoms with E-state index in [0.717, 1.165) is 31.6 Å². The molecule has 0 spiro atoms. The monoisotopic (exact) mass is 271 g/mol. The molecule has 2 rings (SSSR count). The van der Waals surface area contributed by atoms with Crippen LogP contribution < -0.4 is 10.1 Å². The quantitative estimate of drug-likeness (QED) is 0.750. The van der Waals surface area contributed by atoms with Crippen molar-refractivity contribution in [1.82, 2.24) is 15.3 Å².